The number of nitrogens with one attached hydrogen (secondary N) is 1. The second-order valence-electron chi connectivity index (χ2n) is 3.94. The van der Waals surface area contributed by atoms with E-state index < -0.39 is 0 Å². The van der Waals surface area contributed by atoms with E-state index in [0.717, 1.165) is 13.0 Å². The zero-order valence-electron chi connectivity index (χ0n) is 9.57. The molecular weight excluding hydrogens is 214 g/mol. The van der Waals surface area contributed by atoms with Gasteiger partial charge >= 0.3 is 0 Å². The first-order valence-corrected chi connectivity index (χ1v) is 6.45. The van der Waals surface area contributed by atoms with Crippen LogP contribution in [0.25, 0.3) is 10.1 Å². The van der Waals surface area contributed by atoms with Crippen LogP contribution in [0.4, 0.5) is 0 Å². The van der Waals surface area contributed by atoms with E-state index in [1.807, 2.05) is 17.4 Å². The Morgan fingerprint density at radius 3 is 3.00 bits per heavy atom. The zero-order valence-corrected chi connectivity index (χ0v) is 10.4. The number of hydrogen-bond acceptors (Lipinski definition) is 2. The van der Waals surface area contributed by atoms with Crippen molar-refractivity contribution >= 4 is 21.4 Å². The van der Waals surface area contributed by atoms with Crippen LogP contribution in [0.5, 0.6) is 0 Å². The van der Waals surface area contributed by atoms with Crippen LogP contribution in [0.15, 0.2) is 43.0 Å². The number of rotatable bonds is 5. The highest BCUT2D eigenvalue weighted by atomic mass is 32.1. The van der Waals surface area contributed by atoms with Gasteiger partial charge in [-0.25, -0.2) is 0 Å². The van der Waals surface area contributed by atoms with Crippen molar-refractivity contribution < 1.29 is 0 Å². The summed E-state index contributed by atoms with van der Waals surface area (Å²) in [4.78, 5) is 1.41. The maximum atomic E-state index is 3.73. The van der Waals surface area contributed by atoms with Crippen molar-refractivity contribution in [3.63, 3.8) is 0 Å². The van der Waals surface area contributed by atoms with Crippen molar-refractivity contribution in [3.05, 3.63) is 47.9 Å². The smallest absolute Gasteiger partial charge is 0.0386 e. The first-order valence-electron chi connectivity index (χ1n) is 5.64. The minimum atomic E-state index is 0.428. The summed E-state index contributed by atoms with van der Waals surface area (Å²) in [6, 6.07) is 11.3. The molecule has 0 saturated heterocycles. The molecule has 0 spiro atoms. The van der Waals surface area contributed by atoms with Gasteiger partial charge < -0.3 is 5.32 Å². The number of hydrogen-bond donors (Lipinski definition) is 1. The van der Waals surface area contributed by atoms with E-state index in [2.05, 4.69) is 49.2 Å². The van der Waals surface area contributed by atoms with Gasteiger partial charge in [-0.2, -0.15) is 0 Å². The molecule has 0 saturated carbocycles. The third-order valence-corrected chi connectivity index (χ3v) is 3.97. The van der Waals surface area contributed by atoms with Gasteiger partial charge in [0.25, 0.3) is 0 Å². The van der Waals surface area contributed by atoms with Crippen LogP contribution in [0.2, 0.25) is 0 Å². The summed E-state index contributed by atoms with van der Waals surface area (Å²) in [7, 11) is 0. The van der Waals surface area contributed by atoms with Crippen LogP contribution in [-0.4, -0.2) is 6.54 Å². The fourth-order valence-corrected chi connectivity index (χ4v) is 2.81. The first-order chi connectivity index (χ1) is 7.81. The molecule has 2 rings (SSSR count). The van der Waals surface area contributed by atoms with Gasteiger partial charge in [0.2, 0.25) is 0 Å². The van der Waals surface area contributed by atoms with Crippen LogP contribution in [-0.2, 0) is 0 Å². The molecule has 1 aromatic carbocycles. The van der Waals surface area contributed by atoms with E-state index in [1.165, 1.54) is 15.0 Å². The van der Waals surface area contributed by atoms with Crippen molar-refractivity contribution in [2.45, 2.75) is 19.4 Å². The van der Waals surface area contributed by atoms with Gasteiger partial charge in [-0.05, 0) is 37.4 Å². The number of thiophene rings is 1. The van der Waals surface area contributed by atoms with Crippen molar-refractivity contribution in [1.82, 2.24) is 5.32 Å². The van der Waals surface area contributed by atoms with Crippen LogP contribution in [0, 0.1) is 0 Å². The summed E-state index contributed by atoms with van der Waals surface area (Å²) in [5.74, 6) is 0. The Bertz CT molecular complexity index is 439. The molecule has 0 aliphatic heterocycles. The summed E-state index contributed by atoms with van der Waals surface area (Å²) in [5.41, 5.74) is 0. The van der Waals surface area contributed by atoms with Gasteiger partial charge in [0.1, 0.15) is 0 Å². The van der Waals surface area contributed by atoms with E-state index >= 15 is 0 Å². The minimum absolute atomic E-state index is 0.428. The summed E-state index contributed by atoms with van der Waals surface area (Å²) < 4.78 is 1.37. The number of benzene rings is 1. The van der Waals surface area contributed by atoms with E-state index in [9.17, 15) is 0 Å². The summed E-state index contributed by atoms with van der Waals surface area (Å²) in [6.45, 7) is 6.94. The van der Waals surface area contributed by atoms with Crippen LogP contribution in [0.1, 0.15) is 24.3 Å². The topological polar surface area (TPSA) is 12.0 Å². The molecule has 0 amide bonds. The highest BCUT2D eigenvalue weighted by molar-refractivity contribution is 7.19. The maximum Gasteiger partial charge on any atom is 0.0386 e. The summed E-state index contributed by atoms with van der Waals surface area (Å²) >= 11 is 1.88. The van der Waals surface area contributed by atoms with Crippen molar-refractivity contribution in [2.75, 3.05) is 6.54 Å². The molecule has 1 aromatic heterocycles. The predicted molar refractivity (Wildman–Crippen MR) is 73.1 cm³/mol. The van der Waals surface area contributed by atoms with E-state index in [1.54, 1.807) is 0 Å². The molecule has 1 heterocycles. The van der Waals surface area contributed by atoms with Crippen LogP contribution < -0.4 is 5.32 Å². The highest BCUT2D eigenvalue weighted by Crippen LogP contribution is 2.29. The molecule has 0 radical (unpaired) electrons. The molecule has 0 aliphatic rings. The molecule has 1 unspecified atom stereocenters. The average molecular weight is 231 g/mol. The SMILES string of the molecule is C=CCCNC(C)c1cc2ccccc2s1. The van der Waals surface area contributed by atoms with Crippen LogP contribution >= 0.6 is 11.3 Å². The number of fused-ring (bicyclic) bond motifs is 1. The Balaban J connectivity index is 2.10. The summed E-state index contributed by atoms with van der Waals surface area (Å²) in [6.07, 6.45) is 2.97. The molecular formula is C14H17NS. The van der Waals surface area contributed by atoms with Gasteiger partial charge in [-0.3, -0.25) is 0 Å². The largest absolute Gasteiger partial charge is 0.309 e. The van der Waals surface area contributed by atoms with E-state index in [0.29, 0.717) is 6.04 Å². The molecule has 84 valence electrons. The minimum Gasteiger partial charge on any atom is -0.309 e. The van der Waals surface area contributed by atoms with Gasteiger partial charge in [-0.1, -0.05) is 24.3 Å². The van der Waals surface area contributed by atoms with Gasteiger partial charge in [-0.15, -0.1) is 17.9 Å². The molecule has 2 aromatic rings. The lowest BCUT2D eigenvalue weighted by atomic mass is 10.2. The molecule has 0 aliphatic carbocycles. The first kappa shape index (κ1) is 11.4. The molecule has 1 atom stereocenters. The fourth-order valence-electron chi connectivity index (χ4n) is 1.72. The maximum absolute atomic E-state index is 3.73. The third-order valence-electron chi connectivity index (χ3n) is 2.67. The van der Waals surface area contributed by atoms with Gasteiger partial charge in [0.05, 0.1) is 0 Å². The van der Waals surface area contributed by atoms with E-state index in [4.69, 9.17) is 0 Å². The second-order valence-corrected chi connectivity index (χ2v) is 5.06. The molecule has 0 fully saturated rings. The Hall–Kier alpha value is -1.12. The lowest BCUT2D eigenvalue weighted by Gasteiger charge is -2.10. The van der Waals surface area contributed by atoms with Gasteiger partial charge in [0, 0.05) is 15.6 Å². The standard InChI is InChI=1S/C14H17NS/c1-3-4-9-15-11(2)14-10-12-7-5-6-8-13(12)16-14/h3,5-8,10-11,15H,1,4,9H2,2H3. The normalized spacial score (nSPS) is 12.8. The van der Waals surface area contributed by atoms with Gasteiger partial charge in [0.15, 0.2) is 0 Å². The molecule has 2 heteroatoms. The molecule has 1 N–H and O–H groups in total. The third kappa shape index (κ3) is 2.52. The lowest BCUT2D eigenvalue weighted by molar-refractivity contribution is 0.589. The monoisotopic (exact) mass is 231 g/mol. The molecule has 1 nitrogen and oxygen atoms in total. The highest BCUT2D eigenvalue weighted by Gasteiger charge is 2.07. The fraction of sp³-hybridized carbons (Fsp3) is 0.286. The van der Waals surface area contributed by atoms with Crippen LogP contribution in [0.3, 0.4) is 0 Å². The van der Waals surface area contributed by atoms with Crippen molar-refractivity contribution in [3.8, 4) is 0 Å². The quantitative estimate of drug-likeness (QED) is 0.602. The molecule has 16 heavy (non-hydrogen) atoms. The average Bonchev–Trinajstić information content (AvgIpc) is 2.73. The second kappa shape index (κ2) is 5.28. The lowest BCUT2D eigenvalue weighted by Crippen LogP contribution is -2.18. The van der Waals surface area contributed by atoms with E-state index in [-0.39, 0.29) is 0 Å². The predicted octanol–water partition coefficient (Wildman–Crippen LogP) is 4.13. The Morgan fingerprint density at radius 2 is 2.25 bits per heavy atom. The van der Waals surface area contributed by atoms with Crippen molar-refractivity contribution in [1.29, 1.82) is 0 Å². The Labute approximate surface area is 101 Å². The Kier molecular flexibility index (Phi) is 3.75. The van der Waals surface area contributed by atoms with Crippen molar-refractivity contribution in [2.24, 2.45) is 0 Å². The summed E-state index contributed by atoms with van der Waals surface area (Å²) in [5, 5.41) is 4.85. The molecule has 0 bridgehead atoms. The Morgan fingerprint density at radius 1 is 1.44 bits per heavy atom. The zero-order chi connectivity index (χ0) is 11.4.